The summed E-state index contributed by atoms with van der Waals surface area (Å²) in [6.07, 6.45) is 7.16. The van der Waals surface area contributed by atoms with Crippen LogP contribution in [0, 0.1) is 0 Å². The zero-order valence-corrected chi connectivity index (χ0v) is 33.7. The van der Waals surface area contributed by atoms with Gasteiger partial charge >= 0.3 is 16.5 Å². The van der Waals surface area contributed by atoms with Crippen LogP contribution in [0.15, 0.2) is 72.8 Å². The van der Waals surface area contributed by atoms with Crippen molar-refractivity contribution in [3.8, 4) is 22.3 Å². The van der Waals surface area contributed by atoms with Gasteiger partial charge in [0, 0.05) is 0 Å². The van der Waals surface area contributed by atoms with Gasteiger partial charge in [0.1, 0.15) is 0 Å². The van der Waals surface area contributed by atoms with E-state index < -0.39 is 0 Å². The van der Waals surface area contributed by atoms with Gasteiger partial charge < -0.3 is 9.97 Å². The van der Waals surface area contributed by atoms with E-state index in [1.807, 2.05) is 0 Å². The summed E-state index contributed by atoms with van der Waals surface area (Å²) in [7, 11) is 0. The average Bonchev–Trinajstić information content (AvgIpc) is 3.92. The Balaban J connectivity index is 0.00000481. The number of fused-ring (bicyclic) bond motifs is 8. The minimum Gasteiger partial charge on any atom is -0.657 e. The summed E-state index contributed by atoms with van der Waals surface area (Å²) in [4.78, 5) is 22.4. The zero-order chi connectivity index (χ0) is 36.5. The Hall–Kier alpha value is -4.47. The van der Waals surface area contributed by atoms with E-state index in [2.05, 4.69) is 128 Å². The quantitative estimate of drug-likeness (QED) is 0.134. The summed E-state index contributed by atoms with van der Waals surface area (Å²) in [5.41, 5.74) is 23.4. The van der Waals surface area contributed by atoms with E-state index >= 15 is 0 Å². The molecule has 0 radical (unpaired) electrons. The second-order valence-corrected chi connectivity index (χ2v) is 13.8. The van der Waals surface area contributed by atoms with Crippen molar-refractivity contribution in [2.45, 2.75) is 107 Å². The molecule has 0 aliphatic carbocycles. The summed E-state index contributed by atoms with van der Waals surface area (Å²) in [6, 6.07) is 26.2. The van der Waals surface area contributed by atoms with Gasteiger partial charge in [0.2, 0.25) is 0 Å². The van der Waals surface area contributed by atoms with Gasteiger partial charge in [-0.05, 0) is 95.9 Å². The van der Waals surface area contributed by atoms with Crippen LogP contribution in [-0.4, -0.2) is 9.97 Å². The molecule has 0 amide bonds. The predicted molar refractivity (Wildman–Crippen MR) is 222 cm³/mol. The molecule has 4 nitrogen and oxygen atoms in total. The molecule has 5 aromatic rings. The Morgan fingerprint density at radius 1 is 0.415 bits per heavy atom. The van der Waals surface area contributed by atoms with E-state index in [0.717, 1.165) is 118 Å². The van der Waals surface area contributed by atoms with Crippen molar-refractivity contribution in [2.75, 3.05) is 0 Å². The van der Waals surface area contributed by atoms with Crippen LogP contribution in [0.5, 0.6) is 0 Å². The number of aromatic nitrogens is 4. The van der Waals surface area contributed by atoms with Gasteiger partial charge in [-0.3, -0.25) is 0 Å². The van der Waals surface area contributed by atoms with Crippen LogP contribution in [0.2, 0.25) is 0 Å². The number of hydrogen-bond donors (Lipinski definition) is 0. The van der Waals surface area contributed by atoms with Gasteiger partial charge in [-0.25, -0.2) is 9.97 Å². The van der Waals surface area contributed by atoms with Gasteiger partial charge in [0.05, 0.1) is 22.8 Å². The zero-order valence-electron chi connectivity index (χ0n) is 32.7. The van der Waals surface area contributed by atoms with Crippen LogP contribution in [-0.2, 0) is 42.2 Å². The Kier molecular flexibility index (Phi) is 11.7. The molecule has 2 aliphatic rings. The van der Waals surface area contributed by atoms with E-state index in [4.69, 9.17) is 19.9 Å². The predicted octanol–water partition coefficient (Wildman–Crippen LogP) is 12.6. The topological polar surface area (TPSA) is 54.0 Å². The minimum atomic E-state index is 0. The third-order valence-corrected chi connectivity index (χ3v) is 11.2. The number of allylic oxidation sites excluding steroid dienone is 4. The Morgan fingerprint density at radius 2 is 0.755 bits per heavy atom. The summed E-state index contributed by atoms with van der Waals surface area (Å²) < 4.78 is 0. The summed E-state index contributed by atoms with van der Waals surface area (Å²) in [6.45, 7) is 18.1. The Bertz CT molecular complexity index is 2200. The largest absolute Gasteiger partial charge is 2.00 e. The fraction of sp³-hybridized carbons (Fsp3) is 0.333. The molecular formula is C48H52N4Ni. The molecule has 0 saturated heterocycles. The Labute approximate surface area is 326 Å². The van der Waals surface area contributed by atoms with Crippen molar-refractivity contribution in [1.29, 1.82) is 0 Å². The van der Waals surface area contributed by atoms with Crippen molar-refractivity contribution >= 4 is 44.4 Å². The molecule has 0 unspecified atom stereocenters. The third-order valence-electron chi connectivity index (χ3n) is 11.2. The van der Waals surface area contributed by atoms with E-state index in [-0.39, 0.29) is 16.5 Å². The van der Waals surface area contributed by atoms with Gasteiger partial charge in [-0.1, -0.05) is 150 Å². The van der Waals surface area contributed by atoms with Crippen LogP contribution in [0.25, 0.3) is 66.6 Å². The SMILES string of the molecule is CCC1=C(CC)c2nc1cc1[n-]c(c(CC)c1CC)c(-c1ccccc1)c1nc(cc3[n-]c(c(CC)c3CC)c2-c2ccccc2)C(CC)=C1CC.[Ni+2]. The minimum absolute atomic E-state index is 0. The first-order valence-electron chi connectivity index (χ1n) is 19.8. The number of benzene rings is 2. The molecule has 3 aromatic heterocycles. The van der Waals surface area contributed by atoms with Gasteiger partial charge in [0.25, 0.3) is 0 Å². The molecule has 0 atom stereocenters. The fourth-order valence-electron chi connectivity index (χ4n) is 8.86. The van der Waals surface area contributed by atoms with Crippen LogP contribution < -0.4 is 9.97 Å². The molecule has 8 bridgehead atoms. The fourth-order valence-corrected chi connectivity index (χ4v) is 8.86. The third kappa shape index (κ3) is 6.46. The van der Waals surface area contributed by atoms with Crippen molar-refractivity contribution in [2.24, 2.45) is 0 Å². The van der Waals surface area contributed by atoms with Crippen molar-refractivity contribution in [1.82, 2.24) is 19.9 Å². The summed E-state index contributed by atoms with van der Waals surface area (Å²) >= 11 is 0. The molecule has 0 fully saturated rings. The van der Waals surface area contributed by atoms with Crippen LogP contribution in [0.4, 0.5) is 0 Å². The first-order valence-corrected chi connectivity index (χ1v) is 19.8. The summed E-state index contributed by atoms with van der Waals surface area (Å²) in [5.74, 6) is 0. The van der Waals surface area contributed by atoms with Gasteiger partial charge in [-0.2, -0.15) is 0 Å². The van der Waals surface area contributed by atoms with Crippen LogP contribution in [0.1, 0.15) is 126 Å². The van der Waals surface area contributed by atoms with E-state index in [1.165, 1.54) is 44.5 Å². The number of nitrogens with zero attached hydrogens (tertiary/aromatic N) is 4. The van der Waals surface area contributed by atoms with Crippen LogP contribution >= 0.6 is 0 Å². The van der Waals surface area contributed by atoms with E-state index in [0.29, 0.717) is 0 Å². The maximum Gasteiger partial charge on any atom is 2.00 e. The number of aryl methyl sites for hydroxylation is 4. The maximum atomic E-state index is 5.61. The molecule has 53 heavy (non-hydrogen) atoms. The smallest absolute Gasteiger partial charge is 0.657 e. The number of rotatable bonds is 10. The van der Waals surface area contributed by atoms with E-state index in [1.54, 1.807) is 0 Å². The number of hydrogen-bond acceptors (Lipinski definition) is 2. The molecule has 5 heteroatoms. The molecule has 7 rings (SSSR count). The summed E-state index contributed by atoms with van der Waals surface area (Å²) in [5, 5.41) is 0. The monoisotopic (exact) mass is 742 g/mol. The normalized spacial score (nSPS) is 12.8. The molecular weight excluding hydrogens is 691 g/mol. The molecule has 0 N–H and O–H groups in total. The first-order chi connectivity index (χ1) is 25.5. The standard InChI is InChI=1S/C48H52N4.Ni/c1-9-31-35(13-5)45-43(29-23-19-17-20-24-29)46-37(15-7)33(11-3)41(51-46)28-42-34(12-4)38(16-8)48(52-42)44(30-25-21-18-22-26-30)47-36(14-6)32(10-2)40(50-47)27-39(31)49-45;/h17-28H,9-16H2,1-8H3;/q-2;+2. The van der Waals surface area contributed by atoms with Crippen molar-refractivity contribution < 1.29 is 16.5 Å². The molecule has 2 aliphatic heterocycles. The van der Waals surface area contributed by atoms with E-state index in [9.17, 15) is 0 Å². The molecule has 0 spiro atoms. The molecule has 0 saturated carbocycles. The van der Waals surface area contributed by atoms with Crippen molar-refractivity contribution in [3.63, 3.8) is 0 Å². The second kappa shape index (κ2) is 16.3. The second-order valence-electron chi connectivity index (χ2n) is 13.8. The van der Waals surface area contributed by atoms with Gasteiger partial charge in [0.15, 0.2) is 0 Å². The molecule has 5 heterocycles. The average molecular weight is 744 g/mol. The first kappa shape index (κ1) is 38.3. The van der Waals surface area contributed by atoms with Gasteiger partial charge in [-0.15, -0.1) is 22.1 Å². The van der Waals surface area contributed by atoms with Crippen LogP contribution in [0.3, 0.4) is 0 Å². The van der Waals surface area contributed by atoms with Crippen molar-refractivity contribution in [3.05, 3.63) is 118 Å². The molecule has 2 aromatic carbocycles. The Morgan fingerprint density at radius 3 is 1.06 bits per heavy atom. The molecule has 274 valence electrons. The maximum absolute atomic E-state index is 5.61.